The molecule has 2 aromatic heterocycles. The largest absolute Gasteiger partial charge is 1.00 e. The van der Waals surface area contributed by atoms with Gasteiger partial charge in [0.25, 0.3) is 5.91 Å². The molecule has 0 fully saturated rings. The summed E-state index contributed by atoms with van der Waals surface area (Å²) in [4.78, 5) is 47.2. The number of halogens is 1. The van der Waals surface area contributed by atoms with Crippen LogP contribution in [0.25, 0.3) is 0 Å². The van der Waals surface area contributed by atoms with Gasteiger partial charge in [-0.05, 0) is 25.8 Å². The quantitative estimate of drug-likeness (QED) is 0.160. The predicted molar refractivity (Wildman–Crippen MR) is 135 cm³/mol. The third kappa shape index (κ3) is 8.23. The van der Waals surface area contributed by atoms with E-state index in [9.17, 15) is 19.1 Å². The van der Waals surface area contributed by atoms with E-state index in [0.29, 0.717) is 12.3 Å². The molecule has 19 heteroatoms. The summed E-state index contributed by atoms with van der Waals surface area (Å²) >= 11 is 0. The summed E-state index contributed by atoms with van der Waals surface area (Å²) in [6.45, 7) is -12.1. The van der Waals surface area contributed by atoms with E-state index in [-0.39, 0.29) is 59.1 Å². The van der Waals surface area contributed by atoms with Crippen LogP contribution in [0.2, 0.25) is 0 Å². The van der Waals surface area contributed by atoms with Crippen molar-refractivity contribution in [1.29, 1.82) is 0 Å². The first kappa shape index (κ1) is 16.7. The Morgan fingerprint density at radius 3 is 2.45 bits per heavy atom. The number of ether oxygens (including phenoxy) is 4. The number of rotatable bonds is 10. The SMILES string of the molecule is [2H]c1c(Nc2ncc(F)c(Nc3ccc4c(n3)N(C([2H])([2H])OP(=O)([O-])[O-])C(=O)C(C([2H])([2H])[2H])(C([2H])([2H])[2H])O4)n2)c([2H])c(OC([2H])([2H])[2H])c(OC([2H])([2H])[2H])c1OC([2H])([2H])[2H].[Na+].[Na+]. The maximum atomic E-state index is 15.1. The number of phosphoric ester groups is 1. The number of nitrogens with zero attached hydrogens (tertiary/aromatic N) is 4. The van der Waals surface area contributed by atoms with Gasteiger partial charge in [0.05, 0.1) is 53.0 Å². The molecule has 42 heavy (non-hydrogen) atoms. The van der Waals surface area contributed by atoms with E-state index in [2.05, 4.69) is 34.8 Å². The molecule has 2 N–H and O–H groups in total. The van der Waals surface area contributed by atoms with Gasteiger partial charge in [0.1, 0.15) is 12.5 Å². The minimum Gasteiger partial charge on any atom is -0.790 e. The van der Waals surface area contributed by atoms with Crippen molar-refractivity contribution in [3.63, 3.8) is 0 Å². The maximum Gasteiger partial charge on any atom is 1.00 e. The molecule has 0 aliphatic carbocycles. The molecule has 214 valence electrons. The summed E-state index contributed by atoms with van der Waals surface area (Å²) in [7, 11) is -16.8. The van der Waals surface area contributed by atoms with Gasteiger partial charge in [-0.1, -0.05) is 0 Å². The number of hydrogen-bond acceptors (Lipinski definition) is 14. The van der Waals surface area contributed by atoms with E-state index in [0.717, 1.165) is 6.07 Å². The molecule has 0 bridgehead atoms. The number of nitrogens with one attached hydrogen (secondary N) is 2. The van der Waals surface area contributed by atoms with Gasteiger partial charge in [-0.3, -0.25) is 9.69 Å². The van der Waals surface area contributed by atoms with Gasteiger partial charge in [0, 0.05) is 26.0 Å². The van der Waals surface area contributed by atoms with E-state index in [1.54, 1.807) is 0 Å². The molecule has 1 amide bonds. The van der Waals surface area contributed by atoms with Gasteiger partial charge in [0.15, 0.2) is 40.3 Å². The molecule has 1 aromatic carbocycles. The predicted octanol–water partition coefficient (Wildman–Crippen LogP) is -4.16. The van der Waals surface area contributed by atoms with Crippen LogP contribution in [-0.4, -0.2) is 54.3 Å². The molecule has 0 unspecified atom stereocenters. The number of anilines is 5. The Kier molecular flexibility index (Phi) is 5.77. The maximum absolute atomic E-state index is 15.1. The third-order valence-corrected chi connectivity index (χ3v) is 4.79. The average molecular weight is 644 g/mol. The Morgan fingerprint density at radius 1 is 1.14 bits per heavy atom. The van der Waals surface area contributed by atoms with Crippen molar-refractivity contribution < 1.29 is 132 Å². The summed E-state index contributed by atoms with van der Waals surface area (Å²) in [5.74, 6) is -12.3. The van der Waals surface area contributed by atoms with E-state index < -0.39 is 136 Å². The van der Waals surface area contributed by atoms with Gasteiger partial charge >= 0.3 is 59.1 Å². The van der Waals surface area contributed by atoms with Crippen molar-refractivity contribution in [2.24, 2.45) is 0 Å². The second kappa shape index (κ2) is 14.5. The van der Waals surface area contributed by atoms with Crippen molar-refractivity contribution in [1.82, 2.24) is 15.0 Å². The molecule has 0 radical (unpaired) electrons. The third-order valence-electron chi connectivity index (χ3n) is 4.49. The number of amides is 1. The monoisotopic (exact) mass is 643 g/mol. The molecule has 0 saturated carbocycles. The van der Waals surface area contributed by atoms with Gasteiger partial charge < -0.3 is 48.5 Å². The van der Waals surface area contributed by atoms with Crippen molar-refractivity contribution >= 4 is 42.8 Å². The first-order chi connectivity index (χ1) is 26.4. The van der Waals surface area contributed by atoms with Gasteiger partial charge in [-0.25, -0.2) is 14.4 Å². The fourth-order valence-electron chi connectivity index (χ4n) is 2.90. The summed E-state index contributed by atoms with van der Waals surface area (Å²) in [6.07, 6.45) is 0.418. The van der Waals surface area contributed by atoms with Crippen LogP contribution in [-0.2, 0) is 13.9 Å². The Labute approximate surface area is 311 Å². The molecule has 4 rings (SSSR count). The number of aromatic nitrogens is 3. The van der Waals surface area contributed by atoms with Crippen LogP contribution in [0.1, 0.15) is 39.7 Å². The molecule has 1 aliphatic heterocycles. The number of phosphoric acid groups is 1. The molecule has 0 saturated heterocycles. The van der Waals surface area contributed by atoms with Crippen LogP contribution in [0.4, 0.5) is 33.5 Å². The normalized spacial score (nSPS) is 22.0. The minimum absolute atomic E-state index is 0. The number of methoxy groups -OCH3 is 3. The van der Waals surface area contributed by atoms with Crippen LogP contribution in [0.15, 0.2) is 30.4 Å². The first-order valence-corrected chi connectivity index (χ1v) is 11.4. The molecule has 3 heterocycles. The Morgan fingerprint density at radius 2 is 1.83 bits per heavy atom. The van der Waals surface area contributed by atoms with E-state index >= 15 is 4.39 Å². The molecule has 3 aromatic rings. The van der Waals surface area contributed by atoms with Crippen molar-refractivity contribution in [3.05, 3.63) is 36.2 Å². The summed E-state index contributed by atoms with van der Waals surface area (Å²) < 4.78 is 197. The summed E-state index contributed by atoms with van der Waals surface area (Å²) in [6, 6.07) is -0.916. The van der Waals surface area contributed by atoms with E-state index in [1.807, 2.05) is 0 Å². The van der Waals surface area contributed by atoms with Gasteiger partial charge in [0.2, 0.25) is 11.7 Å². The number of hydrogen-bond donors (Lipinski definition) is 2. The Bertz CT molecular complexity index is 2140. The van der Waals surface area contributed by atoms with Crippen LogP contribution in [0.5, 0.6) is 23.0 Å². The van der Waals surface area contributed by atoms with E-state index in [1.165, 1.54) is 0 Å². The zero-order chi connectivity index (χ0) is 45.3. The van der Waals surface area contributed by atoms with Crippen molar-refractivity contribution in [2.75, 3.05) is 43.3 Å². The Hall–Kier alpha value is -2.24. The smallest absolute Gasteiger partial charge is 0.790 e. The number of carbonyl (C=O) groups is 1. The fourth-order valence-corrected chi connectivity index (χ4v) is 3.09. The second-order valence-electron chi connectivity index (χ2n) is 7.13. The van der Waals surface area contributed by atoms with Crippen LogP contribution < -0.4 is 103 Å². The van der Waals surface area contributed by atoms with Crippen LogP contribution in [0.3, 0.4) is 0 Å². The topological polar surface area (TPSA) is 192 Å². The first-order valence-electron chi connectivity index (χ1n) is 19.5. The summed E-state index contributed by atoms with van der Waals surface area (Å²) in [5.41, 5.74) is -4.90. The molecular formula is C23H24FN6Na2O9P. The number of carbonyl (C=O) groups excluding carboxylic acids is 1. The average Bonchev–Trinajstić information content (AvgIpc) is 3.00. The second-order valence-corrected chi connectivity index (χ2v) is 8.21. The molecule has 0 atom stereocenters. The van der Waals surface area contributed by atoms with Gasteiger partial charge in [-0.15, -0.1) is 0 Å². The minimum atomic E-state index is -6.41. The van der Waals surface area contributed by atoms with Crippen LogP contribution in [0, 0.1) is 5.82 Å². The molecular weight excluding hydrogens is 600 g/mol. The van der Waals surface area contributed by atoms with Crippen LogP contribution >= 0.6 is 7.82 Å². The van der Waals surface area contributed by atoms with Crippen molar-refractivity contribution in [2.45, 2.75) is 19.3 Å². The molecule has 0 spiro atoms. The van der Waals surface area contributed by atoms with Gasteiger partial charge in [-0.2, -0.15) is 4.98 Å². The Balaban J connectivity index is 0.00000641. The molecule has 15 nitrogen and oxygen atoms in total. The molecule has 1 aliphatic rings. The van der Waals surface area contributed by atoms with E-state index in [4.69, 9.17) is 40.3 Å². The number of benzene rings is 1. The number of fused-ring (bicyclic) bond motifs is 1. The van der Waals surface area contributed by atoms with Crippen molar-refractivity contribution in [3.8, 4) is 23.0 Å². The zero-order valence-electron chi connectivity index (χ0n) is 40.0. The zero-order valence-corrected chi connectivity index (χ0v) is 25.9. The summed E-state index contributed by atoms with van der Waals surface area (Å²) in [5, 5.41) is 4.40. The fraction of sp³-hybridized carbons (Fsp3) is 0.304. The number of pyridine rings is 1. The standard InChI is InChI=1S/C23H26FN6O9P.2Na/c1-23(2)21(31)30(11-38-40(32,33)34)20-14(39-23)6-7-17(28-20)27-19-13(24)10-25-22(29-19)26-12-8-15(35-3)18(37-5)16(9-12)36-4;;/h6-10H,11H2,1-5H3,(H2,32,33,34)(H2,25,26,27,28,29);;/q;2*+1/p-2/i1D3,2D3,3D3,4D3,5D3,8D,9D,11D2;;.